The van der Waals surface area contributed by atoms with Crippen molar-refractivity contribution >= 4 is 16.9 Å². The van der Waals surface area contributed by atoms with Crippen molar-refractivity contribution in [1.82, 2.24) is 4.98 Å². The number of hydrogen-bond donors (Lipinski definition) is 1. The second-order valence-electron chi connectivity index (χ2n) is 9.82. The number of fused-ring (bicyclic) bond motifs is 1. The van der Waals surface area contributed by atoms with Crippen molar-refractivity contribution in [2.45, 2.75) is 67.2 Å². The number of aliphatic hydroxyl groups excluding tert-OH is 1. The van der Waals surface area contributed by atoms with Crippen LogP contribution >= 0.6 is 0 Å². The van der Waals surface area contributed by atoms with Crippen LogP contribution in [0.1, 0.15) is 64.5 Å². The number of aromatic nitrogens is 1. The van der Waals surface area contributed by atoms with Gasteiger partial charge in [-0.25, -0.2) is 0 Å². The fraction of sp³-hybridized carbons (Fsp3) is 0.353. The van der Waals surface area contributed by atoms with Crippen molar-refractivity contribution in [2.75, 3.05) is 0 Å². The van der Waals surface area contributed by atoms with E-state index in [9.17, 15) is 9.90 Å². The van der Waals surface area contributed by atoms with Crippen molar-refractivity contribution in [2.24, 2.45) is 11.8 Å². The van der Waals surface area contributed by atoms with Crippen LogP contribution < -0.4 is 0 Å². The number of carbonyl (C=O) groups excluding carboxylic acids is 1. The first-order chi connectivity index (χ1) is 18.3. The van der Waals surface area contributed by atoms with Gasteiger partial charge >= 0.3 is 0 Å². The molecule has 5 heteroatoms. The van der Waals surface area contributed by atoms with Crippen LogP contribution in [0.4, 0.5) is 0 Å². The summed E-state index contributed by atoms with van der Waals surface area (Å²) < 4.78 is 5.95. The van der Waals surface area contributed by atoms with Crippen LogP contribution in [0.15, 0.2) is 76.9 Å². The summed E-state index contributed by atoms with van der Waals surface area (Å²) >= 11 is 0. The second-order valence-corrected chi connectivity index (χ2v) is 9.82. The summed E-state index contributed by atoms with van der Waals surface area (Å²) in [6.07, 6.45) is 4.91. The number of allylic oxidation sites excluding steroid dienone is 2. The molecular formula is C34H40IrNO3-. The van der Waals surface area contributed by atoms with Crippen LogP contribution in [-0.2, 0) is 24.9 Å². The molecule has 0 spiro atoms. The molecule has 2 aromatic heterocycles. The Kier molecular flexibility index (Phi) is 12.8. The van der Waals surface area contributed by atoms with Crippen molar-refractivity contribution in [1.29, 1.82) is 0 Å². The minimum atomic E-state index is 0. The predicted octanol–water partition coefficient (Wildman–Crippen LogP) is 9.45. The number of benzene rings is 2. The SMILES string of the molecule is CCC(CC)C(=O)/C=C(\O)C(CC)CC.Cc1[c-]c(-c2ccc3cc(-c4ccccc4)oc3n2)cc(C)c1.[Ir]. The fourth-order valence-corrected chi connectivity index (χ4v) is 4.63. The Morgan fingerprint density at radius 3 is 2.15 bits per heavy atom. The Balaban J connectivity index is 0.000000294. The number of rotatable bonds is 9. The number of aryl methyl sites for hydroxylation is 2. The molecule has 0 unspecified atom stereocenters. The number of aliphatic hydroxyl groups is 1. The summed E-state index contributed by atoms with van der Waals surface area (Å²) in [6, 6.07) is 23.8. The van der Waals surface area contributed by atoms with Crippen LogP contribution in [0.3, 0.4) is 0 Å². The zero-order chi connectivity index (χ0) is 27.7. The molecule has 39 heavy (non-hydrogen) atoms. The van der Waals surface area contributed by atoms with E-state index in [2.05, 4.69) is 43.1 Å². The molecule has 4 rings (SSSR count). The summed E-state index contributed by atoms with van der Waals surface area (Å²) in [7, 11) is 0. The molecule has 4 nitrogen and oxygen atoms in total. The Morgan fingerprint density at radius 2 is 1.56 bits per heavy atom. The number of ketones is 1. The van der Waals surface area contributed by atoms with Gasteiger partial charge in [0.2, 0.25) is 5.71 Å². The minimum absolute atomic E-state index is 0. The molecule has 0 saturated carbocycles. The summed E-state index contributed by atoms with van der Waals surface area (Å²) in [6.45, 7) is 12.2. The van der Waals surface area contributed by atoms with Gasteiger partial charge in [0.15, 0.2) is 5.78 Å². The number of carbonyl (C=O) groups is 1. The molecule has 0 amide bonds. The molecular weight excluding hydrogens is 663 g/mol. The van der Waals surface area contributed by atoms with Gasteiger partial charge in [0.25, 0.3) is 0 Å². The molecule has 4 aromatic rings. The topological polar surface area (TPSA) is 63.3 Å². The third kappa shape index (κ3) is 8.74. The molecule has 0 saturated heterocycles. The summed E-state index contributed by atoms with van der Waals surface area (Å²) in [5, 5.41) is 10.8. The van der Waals surface area contributed by atoms with E-state index in [1.54, 1.807) is 0 Å². The van der Waals surface area contributed by atoms with E-state index in [4.69, 9.17) is 4.42 Å². The van der Waals surface area contributed by atoms with Gasteiger partial charge < -0.3 is 9.52 Å². The number of furan rings is 1. The van der Waals surface area contributed by atoms with Crippen LogP contribution in [0.5, 0.6) is 0 Å². The molecule has 2 aromatic carbocycles. The van der Waals surface area contributed by atoms with Crippen LogP contribution in [-0.4, -0.2) is 15.9 Å². The van der Waals surface area contributed by atoms with Crippen molar-refractivity contribution < 1.29 is 34.4 Å². The van der Waals surface area contributed by atoms with Crippen LogP contribution in [0.2, 0.25) is 0 Å². The van der Waals surface area contributed by atoms with Crippen LogP contribution in [0, 0.1) is 31.7 Å². The van der Waals surface area contributed by atoms with E-state index >= 15 is 0 Å². The molecule has 0 fully saturated rings. The third-order valence-corrected chi connectivity index (χ3v) is 6.95. The zero-order valence-electron chi connectivity index (χ0n) is 23.9. The maximum atomic E-state index is 11.7. The fourth-order valence-electron chi connectivity index (χ4n) is 4.63. The average molecular weight is 703 g/mol. The van der Waals surface area contributed by atoms with Gasteiger partial charge in [-0.1, -0.05) is 84.0 Å². The first-order valence-electron chi connectivity index (χ1n) is 13.7. The molecule has 0 aliphatic heterocycles. The monoisotopic (exact) mass is 703 g/mol. The largest absolute Gasteiger partial charge is 0.512 e. The Hall–Kier alpha value is -3.01. The Labute approximate surface area is 246 Å². The first-order valence-corrected chi connectivity index (χ1v) is 13.7. The normalized spacial score (nSPS) is 11.3. The van der Waals surface area contributed by atoms with Gasteiger partial charge in [-0.2, -0.15) is 0 Å². The Morgan fingerprint density at radius 1 is 0.923 bits per heavy atom. The third-order valence-electron chi connectivity index (χ3n) is 6.95. The van der Waals surface area contributed by atoms with Crippen molar-refractivity contribution in [3.63, 3.8) is 0 Å². The summed E-state index contributed by atoms with van der Waals surface area (Å²) in [4.78, 5) is 16.4. The van der Waals surface area contributed by atoms with E-state index in [0.29, 0.717) is 5.71 Å². The predicted molar refractivity (Wildman–Crippen MR) is 157 cm³/mol. The van der Waals surface area contributed by atoms with Gasteiger partial charge in [0.1, 0.15) is 5.76 Å². The summed E-state index contributed by atoms with van der Waals surface area (Å²) in [5.41, 5.74) is 5.94. The second kappa shape index (κ2) is 15.5. The molecule has 0 aliphatic rings. The molecule has 1 radical (unpaired) electrons. The quantitative estimate of drug-likeness (QED) is 0.107. The molecule has 0 aliphatic carbocycles. The van der Waals surface area contributed by atoms with Gasteiger partial charge in [-0.3, -0.25) is 9.78 Å². The standard InChI is InChI=1S/C21H16NO.C13H24O2.Ir/c1-14-10-15(2)12-18(11-14)19-9-8-17-13-20(23-21(17)22-19)16-6-4-3-5-7-16;1-5-10(6-2)12(14)9-13(15)11(7-3)8-4;/h3-11,13H,1-2H3;9-11,14H,5-8H2,1-4H3;/q-1;;/b;12-9-;. The van der Waals surface area contributed by atoms with E-state index in [1.807, 2.05) is 70.2 Å². The average Bonchev–Trinajstić information content (AvgIpc) is 3.34. The molecule has 209 valence electrons. The summed E-state index contributed by atoms with van der Waals surface area (Å²) in [5.74, 6) is 1.39. The van der Waals surface area contributed by atoms with E-state index in [-0.39, 0.29) is 43.5 Å². The molecule has 0 atom stereocenters. The Bertz CT molecular complexity index is 1350. The van der Waals surface area contributed by atoms with Crippen molar-refractivity contribution in [3.8, 4) is 22.6 Å². The van der Waals surface area contributed by atoms with Crippen LogP contribution in [0.25, 0.3) is 33.7 Å². The molecule has 1 N–H and O–H groups in total. The molecule has 0 bridgehead atoms. The first kappa shape index (κ1) is 32.2. The zero-order valence-corrected chi connectivity index (χ0v) is 26.3. The van der Waals surface area contributed by atoms with Gasteiger partial charge in [0, 0.05) is 49.0 Å². The van der Waals surface area contributed by atoms with E-state index < -0.39 is 0 Å². The van der Waals surface area contributed by atoms with Crippen molar-refractivity contribution in [3.05, 3.63) is 89.7 Å². The minimum Gasteiger partial charge on any atom is -0.512 e. The number of pyridine rings is 1. The van der Waals surface area contributed by atoms with Gasteiger partial charge in [0.05, 0.1) is 5.76 Å². The van der Waals surface area contributed by atoms with Gasteiger partial charge in [-0.15, -0.1) is 34.9 Å². The van der Waals surface area contributed by atoms with E-state index in [1.165, 1.54) is 11.6 Å². The molecule has 2 heterocycles. The maximum absolute atomic E-state index is 11.7. The maximum Gasteiger partial charge on any atom is 0.217 e. The smallest absolute Gasteiger partial charge is 0.217 e. The van der Waals surface area contributed by atoms with E-state index in [0.717, 1.165) is 59.2 Å². The number of hydrogen-bond acceptors (Lipinski definition) is 4. The number of nitrogens with zero attached hydrogens (tertiary/aromatic N) is 1. The van der Waals surface area contributed by atoms with Gasteiger partial charge in [-0.05, 0) is 37.4 Å².